The van der Waals surface area contributed by atoms with Crippen molar-refractivity contribution in [3.63, 3.8) is 0 Å². The summed E-state index contributed by atoms with van der Waals surface area (Å²) in [6.45, 7) is 4.17. The van der Waals surface area contributed by atoms with E-state index in [1.165, 1.54) is 135 Å². The van der Waals surface area contributed by atoms with E-state index in [1.807, 2.05) is 6.08 Å². The third-order valence-corrected chi connectivity index (χ3v) is 12.1. The second kappa shape index (κ2) is 57.8. The molecule has 1 amide bonds. The molecule has 2 unspecified atom stereocenters. The molecule has 0 aliphatic rings. The number of allylic oxidation sites excluding steroid dienone is 21. The zero-order valence-corrected chi connectivity index (χ0v) is 44.3. The highest BCUT2D eigenvalue weighted by atomic mass is 16.3. The van der Waals surface area contributed by atoms with E-state index < -0.39 is 12.1 Å². The van der Waals surface area contributed by atoms with E-state index in [2.05, 4.69) is 141 Å². The number of hydrogen-bond acceptors (Lipinski definition) is 3. The number of unbranched alkanes of at least 4 members (excludes halogenated alkanes) is 23. The van der Waals surface area contributed by atoms with Crippen molar-refractivity contribution in [1.82, 2.24) is 5.32 Å². The average molecular weight is 939 g/mol. The molecule has 0 saturated heterocycles. The van der Waals surface area contributed by atoms with Gasteiger partial charge in [-0.2, -0.15) is 0 Å². The number of carbonyl (C=O) groups excluding carboxylic acids is 1. The number of aliphatic hydroxyl groups is 2. The summed E-state index contributed by atoms with van der Waals surface area (Å²) in [5, 5.41) is 23.1. The van der Waals surface area contributed by atoms with E-state index in [0.29, 0.717) is 6.42 Å². The van der Waals surface area contributed by atoms with Gasteiger partial charge in [-0.15, -0.1) is 0 Å². The second-order valence-corrected chi connectivity index (χ2v) is 18.6. The SMILES string of the molecule is CC/C=C\C/C=C\C/C=C\C/C=C\C/C=C\C/C=C\C/C=C\C/C=C\CCCCCCCCCCCCCCCCC(=O)NC(CO)C(O)/C=C/CC/C=C/CC/C=C/CCCCCCCCC. The Bertz CT molecular complexity index is 1390. The van der Waals surface area contributed by atoms with Gasteiger partial charge in [-0.05, 0) is 109 Å². The highest BCUT2D eigenvalue weighted by Gasteiger charge is 2.17. The molecule has 3 N–H and O–H groups in total. The molecule has 0 spiro atoms. The third kappa shape index (κ3) is 53.5. The molecule has 0 aromatic rings. The number of aliphatic hydroxyl groups excluding tert-OH is 2. The molecule has 68 heavy (non-hydrogen) atoms. The summed E-state index contributed by atoms with van der Waals surface area (Å²) in [6, 6.07) is -0.653. The van der Waals surface area contributed by atoms with Crippen molar-refractivity contribution in [2.45, 2.75) is 257 Å². The van der Waals surface area contributed by atoms with E-state index in [0.717, 1.165) is 89.9 Å². The summed E-state index contributed by atoms with van der Waals surface area (Å²) in [5.74, 6) is -0.0833. The molecule has 0 aromatic carbocycles. The van der Waals surface area contributed by atoms with Crippen molar-refractivity contribution in [3.8, 4) is 0 Å². The van der Waals surface area contributed by atoms with Crippen LogP contribution in [-0.4, -0.2) is 34.9 Å². The Labute approximate surface area is 421 Å². The van der Waals surface area contributed by atoms with Crippen LogP contribution in [0.2, 0.25) is 0 Å². The maximum atomic E-state index is 12.5. The summed E-state index contributed by atoms with van der Waals surface area (Å²) in [7, 11) is 0. The Morgan fingerprint density at radius 1 is 0.368 bits per heavy atom. The summed E-state index contributed by atoms with van der Waals surface area (Å²) in [6.07, 6.45) is 90.4. The van der Waals surface area contributed by atoms with Crippen molar-refractivity contribution >= 4 is 5.91 Å². The normalized spacial score (nSPS) is 13.9. The zero-order chi connectivity index (χ0) is 49.2. The first-order valence-corrected chi connectivity index (χ1v) is 28.4. The Balaban J connectivity index is 3.59. The quantitative estimate of drug-likeness (QED) is 0.0420. The molecule has 0 radical (unpaired) electrons. The number of amides is 1. The minimum Gasteiger partial charge on any atom is -0.394 e. The molecule has 0 aliphatic heterocycles. The van der Waals surface area contributed by atoms with Crippen LogP contribution in [0.4, 0.5) is 0 Å². The molecular weight excluding hydrogens is 831 g/mol. The maximum absolute atomic E-state index is 12.5. The van der Waals surface area contributed by atoms with Crippen molar-refractivity contribution in [2.24, 2.45) is 0 Å². The first-order valence-electron chi connectivity index (χ1n) is 28.4. The fourth-order valence-electron chi connectivity index (χ4n) is 7.81. The number of carbonyl (C=O) groups is 1. The highest BCUT2D eigenvalue weighted by Crippen LogP contribution is 2.15. The smallest absolute Gasteiger partial charge is 0.220 e. The molecule has 0 bridgehead atoms. The van der Waals surface area contributed by atoms with Crippen LogP contribution in [0.15, 0.2) is 134 Å². The molecule has 0 aromatic heterocycles. The number of rotatable bonds is 50. The van der Waals surface area contributed by atoms with E-state index >= 15 is 0 Å². The standard InChI is InChI=1S/C64H107NO3/c1-3-5-7-9-11-13-15-17-19-21-22-23-24-25-26-27-28-29-30-31-32-33-34-35-36-37-38-39-40-41-42-44-46-48-50-52-54-56-58-60-64(68)65-62(61-66)63(67)59-57-55-53-51-49-47-45-43-20-18-16-14-12-10-8-6-4-2/h5,7,11,13,17,19-20,22-23,25-26,28-29,31-32,34-35,43,49,51,57,59,62-63,66-67H,3-4,6,8-10,12,14-16,18,21,24,27,30,33,36-42,44-48,50,52-56,58,60-61H2,1-2H3,(H,65,68)/b7-5-,13-11-,19-17-,23-22-,26-25-,29-28-,32-31-,35-34-,43-20+,51-49+,59-57+. The molecule has 0 aliphatic carbocycles. The van der Waals surface area contributed by atoms with Crippen LogP contribution in [-0.2, 0) is 4.79 Å². The van der Waals surface area contributed by atoms with Crippen molar-refractivity contribution < 1.29 is 15.0 Å². The first-order chi connectivity index (χ1) is 33.7. The van der Waals surface area contributed by atoms with Gasteiger partial charge in [-0.3, -0.25) is 4.79 Å². The third-order valence-electron chi connectivity index (χ3n) is 12.1. The Kier molecular flexibility index (Phi) is 54.9. The lowest BCUT2D eigenvalue weighted by molar-refractivity contribution is -0.123. The molecule has 0 rings (SSSR count). The lowest BCUT2D eigenvalue weighted by atomic mass is 10.0. The Hall–Kier alpha value is -3.47. The number of hydrogen-bond donors (Lipinski definition) is 3. The lowest BCUT2D eigenvalue weighted by Gasteiger charge is -2.19. The van der Waals surface area contributed by atoms with Crippen LogP contribution < -0.4 is 5.32 Å². The topological polar surface area (TPSA) is 69.6 Å². The molecule has 0 saturated carbocycles. The van der Waals surface area contributed by atoms with Gasteiger partial charge in [0.2, 0.25) is 5.91 Å². The van der Waals surface area contributed by atoms with Crippen LogP contribution in [0, 0.1) is 0 Å². The largest absolute Gasteiger partial charge is 0.394 e. The fraction of sp³-hybridized carbons (Fsp3) is 0.641. The van der Waals surface area contributed by atoms with Gasteiger partial charge < -0.3 is 15.5 Å². The summed E-state index contributed by atoms with van der Waals surface area (Å²) in [4.78, 5) is 12.5. The molecule has 4 heteroatoms. The highest BCUT2D eigenvalue weighted by molar-refractivity contribution is 5.76. The predicted molar refractivity (Wildman–Crippen MR) is 303 cm³/mol. The van der Waals surface area contributed by atoms with E-state index in [4.69, 9.17) is 0 Å². The van der Waals surface area contributed by atoms with Crippen LogP contribution in [0.3, 0.4) is 0 Å². The molecule has 0 heterocycles. The predicted octanol–water partition coefficient (Wildman–Crippen LogP) is 19.0. The minimum absolute atomic E-state index is 0.0833. The maximum Gasteiger partial charge on any atom is 0.220 e. The van der Waals surface area contributed by atoms with Gasteiger partial charge in [0, 0.05) is 6.42 Å². The van der Waals surface area contributed by atoms with E-state index in [9.17, 15) is 15.0 Å². The second-order valence-electron chi connectivity index (χ2n) is 18.6. The van der Waals surface area contributed by atoms with Gasteiger partial charge in [0.1, 0.15) is 0 Å². The first kappa shape index (κ1) is 64.5. The monoisotopic (exact) mass is 938 g/mol. The summed E-state index contributed by atoms with van der Waals surface area (Å²) < 4.78 is 0. The summed E-state index contributed by atoms with van der Waals surface area (Å²) in [5.41, 5.74) is 0. The van der Waals surface area contributed by atoms with Gasteiger partial charge in [0.25, 0.3) is 0 Å². The molecule has 386 valence electrons. The van der Waals surface area contributed by atoms with Crippen LogP contribution >= 0.6 is 0 Å². The lowest BCUT2D eigenvalue weighted by Crippen LogP contribution is -2.45. The van der Waals surface area contributed by atoms with Crippen LogP contribution in [0.1, 0.15) is 245 Å². The van der Waals surface area contributed by atoms with Crippen molar-refractivity contribution in [3.05, 3.63) is 134 Å². The van der Waals surface area contributed by atoms with Gasteiger partial charge in [0.05, 0.1) is 18.8 Å². The molecule has 0 fully saturated rings. The van der Waals surface area contributed by atoms with Gasteiger partial charge >= 0.3 is 0 Å². The Morgan fingerprint density at radius 3 is 1.03 bits per heavy atom. The van der Waals surface area contributed by atoms with Gasteiger partial charge in [-0.1, -0.05) is 263 Å². The van der Waals surface area contributed by atoms with Crippen molar-refractivity contribution in [1.29, 1.82) is 0 Å². The van der Waals surface area contributed by atoms with Crippen LogP contribution in [0.5, 0.6) is 0 Å². The molecular formula is C64H107NO3. The zero-order valence-electron chi connectivity index (χ0n) is 44.3. The summed E-state index contributed by atoms with van der Waals surface area (Å²) >= 11 is 0. The Morgan fingerprint density at radius 2 is 0.662 bits per heavy atom. The van der Waals surface area contributed by atoms with Crippen molar-refractivity contribution in [2.75, 3.05) is 6.61 Å². The van der Waals surface area contributed by atoms with Gasteiger partial charge in [0.15, 0.2) is 0 Å². The number of nitrogens with one attached hydrogen (secondary N) is 1. The van der Waals surface area contributed by atoms with Crippen LogP contribution in [0.25, 0.3) is 0 Å². The minimum atomic E-state index is -0.878. The fourth-order valence-corrected chi connectivity index (χ4v) is 7.81. The van der Waals surface area contributed by atoms with E-state index in [1.54, 1.807) is 6.08 Å². The van der Waals surface area contributed by atoms with Gasteiger partial charge in [-0.25, -0.2) is 0 Å². The molecule has 4 nitrogen and oxygen atoms in total. The molecule has 2 atom stereocenters. The average Bonchev–Trinajstić information content (AvgIpc) is 3.34. The van der Waals surface area contributed by atoms with E-state index in [-0.39, 0.29) is 12.5 Å².